The highest BCUT2D eigenvalue weighted by atomic mass is 14.2. The van der Waals surface area contributed by atoms with Crippen LogP contribution in [0.15, 0.2) is 24.3 Å². The monoisotopic (exact) mass is 186 g/mol. The Hall–Kier alpha value is -1.22. The molecule has 0 aromatic heterocycles. The molecule has 0 aliphatic heterocycles. The van der Waals surface area contributed by atoms with Crippen molar-refractivity contribution in [2.24, 2.45) is 5.92 Å². The van der Waals surface area contributed by atoms with E-state index in [1.807, 2.05) is 0 Å². The summed E-state index contributed by atoms with van der Waals surface area (Å²) in [5.41, 5.74) is 2.68. The fourth-order valence-electron chi connectivity index (χ4n) is 1.77. The molecule has 14 heavy (non-hydrogen) atoms. The van der Waals surface area contributed by atoms with Crippen molar-refractivity contribution in [3.05, 3.63) is 35.4 Å². The summed E-state index contributed by atoms with van der Waals surface area (Å²) in [6.07, 6.45) is 6.23. The molecule has 0 bridgehead atoms. The first-order chi connectivity index (χ1) is 6.65. The van der Waals surface area contributed by atoms with Gasteiger partial charge in [0.1, 0.15) is 0 Å². The molecule has 0 aliphatic carbocycles. The number of hydrogen-bond donors (Lipinski definition) is 0. The zero-order valence-corrected chi connectivity index (χ0v) is 9.25. The molecular weight excluding hydrogens is 168 g/mol. The van der Waals surface area contributed by atoms with Crippen molar-refractivity contribution in [3.8, 4) is 12.3 Å². The third-order valence-electron chi connectivity index (χ3n) is 2.61. The maximum atomic E-state index is 5.39. The summed E-state index contributed by atoms with van der Waals surface area (Å²) in [5.74, 6) is 3.87. The first-order valence-electron chi connectivity index (χ1n) is 5.15. The van der Waals surface area contributed by atoms with E-state index < -0.39 is 0 Å². The molecule has 1 atom stereocenters. The average Bonchev–Trinajstić information content (AvgIpc) is 2.13. The van der Waals surface area contributed by atoms with Gasteiger partial charge in [-0.05, 0) is 24.3 Å². The molecule has 0 heterocycles. The van der Waals surface area contributed by atoms with Crippen LogP contribution in [-0.4, -0.2) is 0 Å². The van der Waals surface area contributed by atoms with Gasteiger partial charge >= 0.3 is 0 Å². The summed E-state index contributed by atoms with van der Waals surface area (Å²) in [4.78, 5) is 0. The highest BCUT2D eigenvalue weighted by Crippen LogP contribution is 2.27. The fraction of sp³-hybridized carbons (Fsp3) is 0.429. The maximum Gasteiger partial charge on any atom is 0.0157 e. The van der Waals surface area contributed by atoms with Crippen LogP contribution in [0.3, 0.4) is 0 Å². The molecule has 74 valence electrons. The second-order valence-corrected chi connectivity index (χ2v) is 4.17. The molecule has 0 spiro atoms. The lowest BCUT2D eigenvalue weighted by molar-refractivity contribution is 0.507. The largest absolute Gasteiger partial charge is 0.120 e. The summed E-state index contributed by atoms with van der Waals surface area (Å²) in [7, 11) is 0. The van der Waals surface area contributed by atoms with Crippen molar-refractivity contribution in [1.82, 2.24) is 0 Å². The minimum atomic E-state index is 0.500. The highest BCUT2D eigenvalue weighted by molar-refractivity contribution is 5.26. The first kappa shape index (κ1) is 10.9. The van der Waals surface area contributed by atoms with Crippen LogP contribution in [0.4, 0.5) is 0 Å². The van der Waals surface area contributed by atoms with Gasteiger partial charge in [-0.25, -0.2) is 0 Å². The Labute approximate surface area is 87.4 Å². The molecule has 1 aromatic rings. The second-order valence-electron chi connectivity index (χ2n) is 4.17. The molecule has 0 nitrogen and oxygen atoms in total. The van der Waals surface area contributed by atoms with Crippen molar-refractivity contribution >= 4 is 0 Å². The summed E-state index contributed by atoms with van der Waals surface area (Å²) < 4.78 is 0. The van der Waals surface area contributed by atoms with Gasteiger partial charge in [-0.15, -0.1) is 12.3 Å². The van der Waals surface area contributed by atoms with Crippen LogP contribution in [0.1, 0.15) is 37.3 Å². The highest BCUT2D eigenvalue weighted by Gasteiger charge is 2.14. The minimum absolute atomic E-state index is 0.500. The first-order valence-corrected chi connectivity index (χ1v) is 5.15. The van der Waals surface area contributed by atoms with Gasteiger partial charge in [-0.3, -0.25) is 0 Å². The van der Waals surface area contributed by atoms with Crippen LogP contribution in [0.5, 0.6) is 0 Å². The van der Waals surface area contributed by atoms with Crippen molar-refractivity contribution in [3.63, 3.8) is 0 Å². The number of benzene rings is 1. The van der Waals surface area contributed by atoms with E-state index in [-0.39, 0.29) is 0 Å². The zero-order chi connectivity index (χ0) is 10.6. The summed E-state index contributed by atoms with van der Waals surface area (Å²) >= 11 is 0. The number of aryl methyl sites for hydroxylation is 1. The predicted molar refractivity (Wildman–Crippen MR) is 62.2 cm³/mol. The van der Waals surface area contributed by atoms with E-state index in [0.29, 0.717) is 11.8 Å². The Balaban J connectivity index is 2.94. The van der Waals surface area contributed by atoms with E-state index in [0.717, 1.165) is 6.42 Å². The Kier molecular flexibility index (Phi) is 3.77. The van der Waals surface area contributed by atoms with Gasteiger partial charge < -0.3 is 0 Å². The number of hydrogen-bond acceptors (Lipinski definition) is 0. The Bertz CT molecular complexity index is 328. The van der Waals surface area contributed by atoms with E-state index in [4.69, 9.17) is 6.42 Å². The Morgan fingerprint density at radius 1 is 1.36 bits per heavy atom. The van der Waals surface area contributed by atoms with Crippen molar-refractivity contribution in [2.45, 2.75) is 33.1 Å². The normalized spacial score (nSPS) is 12.5. The molecule has 0 N–H and O–H groups in total. The summed E-state index contributed by atoms with van der Waals surface area (Å²) in [6.45, 7) is 6.57. The van der Waals surface area contributed by atoms with Crippen LogP contribution in [0.2, 0.25) is 0 Å². The van der Waals surface area contributed by atoms with Gasteiger partial charge in [0.05, 0.1) is 0 Å². The fourth-order valence-corrected chi connectivity index (χ4v) is 1.77. The average molecular weight is 186 g/mol. The van der Waals surface area contributed by atoms with E-state index in [2.05, 4.69) is 51.0 Å². The van der Waals surface area contributed by atoms with Crippen molar-refractivity contribution < 1.29 is 0 Å². The van der Waals surface area contributed by atoms with Crippen LogP contribution >= 0.6 is 0 Å². The van der Waals surface area contributed by atoms with Crippen LogP contribution in [0, 0.1) is 25.2 Å². The third-order valence-corrected chi connectivity index (χ3v) is 2.61. The molecular formula is C14H18. The molecule has 0 aliphatic rings. The molecule has 1 rings (SSSR count). The Morgan fingerprint density at radius 3 is 2.57 bits per heavy atom. The molecule has 0 fully saturated rings. The van der Waals surface area contributed by atoms with E-state index >= 15 is 0 Å². The van der Waals surface area contributed by atoms with E-state index in [1.54, 1.807) is 0 Å². The van der Waals surface area contributed by atoms with Crippen molar-refractivity contribution in [2.75, 3.05) is 0 Å². The lowest BCUT2D eigenvalue weighted by atomic mass is 9.85. The molecule has 0 saturated heterocycles. The SMILES string of the molecule is C#CCC(c1cccc(C)c1)C(C)C. The summed E-state index contributed by atoms with van der Waals surface area (Å²) in [6, 6.07) is 8.64. The summed E-state index contributed by atoms with van der Waals surface area (Å²) in [5, 5.41) is 0. The predicted octanol–water partition coefficient (Wildman–Crippen LogP) is 3.76. The Morgan fingerprint density at radius 2 is 2.07 bits per heavy atom. The molecule has 0 amide bonds. The quantitative estimate of drug-likeness (QED) is 0.630. The second kappa shape index (κ2) is 4.86. The van der Waals surface area contributed by atoms with Gasteiger partial charge in [0.2, 0.25) is 0 Å². The minimum Gasteiger partial charge on any atom is -0.120 e. The molecule has 0 saturated carbocycles. The van der Waals surface area contributed by atoms with Crippen LogP contribution in [0.25, 0.3) is 0 Å². The van der Waals surface area contributed by atoms with Gasteiger partial charge in [0, 0.05) is 6.42 Å². The standard InChI is InChI=1S/C14H18/c1-5-7-14(11(2)3)13-9-6-8-12(4)10-13/h1,6,8-11,14H,7H2,2-4H3. The molecule has 1 aromatic carbocycles. The number of terminal acetylenes is 1. The topological polar surface area (TPSA) is 0 Å². The molecule has 1 unspecified atom stereocenters. The van der Waals surface area contributed by atoms with Gasteiger partial charge in [0.25, 0.3) is 0 Å². The van der Waals surface area contributed by atoms with Gasteiger partial charge in [-0.1, -0.05) is 43.7 Å². The smallest absolute Gasteiger partial charge is 0.0157 e. The van der Waals surface area contributed by atoms with E-state index in [9.17, 15) is 0 Å². The lowest BCUT2D eigenvalue weighted by Gasteiger charge is -2.19. The van der Waals surface area contributed by atoms with Gasteiger partial charge in [0.15, 0.2) is 0 Å². The third kappa shape index (κ3) is 2.64. The molecule has 0 radical (unpaired) electrons. The van der Waals surface area contributed by atoms with E-state index in [1.165, 1.54) is 11.1 Å². The van der Waals surface area contributed by atoms with Crippen LogP contribution < -0.4 is 0 Å². The maximum absolute atomic E-state index is 5.39. The van der Waals surface area contributed by atoms with Gasteiger partial charge in [-0.2, -0.15) is 0 Å². The van der Waals surface area contributed by atoms with Crippen LogP contribution in [-0.2, 0) is 0 Å². The van der Waals surface area contributed by atoms with Crippen molar-refractivity contribution in [1.29, 1.82) is 0 Å². The molecule has 0 heteroatoms. The lowest BCUT2D eigenvalue weighted by Crippen LogP contribution is -2.06. The zero-order valence-electron chi connectivity index (χ0n) is 9.25. The number of rotatable bonds is 3.